The maximum atomic E-state index is 12.2. The van der Waals surface area contributed by atoms with E-state index in [1.54, 1.807) is 36.6 Å². The van der Waals surface area contributed by atoms with Crippen LogP contribution in [-0.2, 0) is 0 Å². The molecule has 0 radical (unpaired) electrons. The van der Waals surface area contributed by atoms with Crippen LogP contribution in [0.5, 0.6) is 17.2 Å². The third kappa shape index (κ3) is 6.26. The Morgan fingerprint density at radius 2 is 1.86 bits per heavy atom. The van der Waals surface area contributed by atoms with E-state index in [1.165, 1.54) is 0 Å². The van der Waals surface area contributed by atoms with Crippen LogP contribution in [0.2, 0.25) is 0 Å². The molecule has 0 saturated carbocycles. The van der Waals surface area contributed by atoms with E-state index in [9.17, 15) is 4.79 Å². The van der Waals surface area contributed by atoms with E-state index < -0.39 is 0 Å². The summed E-state index contributed by atoms with van der Waals surface area (Å²) in [7, 11) is 0. The molecular weight excluding hydrogens is 471 g/mol. The van der Waals surface area contributed by atoms with Crippen LogP contribution in [0.15, 0.2) is 54.2 Å². The second-order valence-electron chi connectivity index (χ2n) is 5.52. The van der Waals surface area contributed by atoms with Crippen LogP contribution in [0.1, 0.15) is 29.8 Å². The molecule has 2 aromatic rings. The number of carbonyl (C=O) groups is 1. The van der Waals surface area contributed by atoms with E-state index in [2.05, 4.69) is 39.7 Å². The Balaban J connectivity index is 2.08. The number of nitrogens with one attached hydrogen (secondary N) is 1. The molecule has 1 N–H and O–H groups in total. The SMILES string of the molecule is C=CCOc1c(I)cc(/C=N\NC(=O)c2ccc(OCC)cc2)cc1OCC. The molecule has 148 valence electrons. The standard InChI is InChI=1S/C21H23IN2O4/c1-4-11-28-20-18(22)12-15(13-19(20)27-6-3)14-23-24-21(25)16-7-9-17(10-8-16)26-5-2/h4,7-10,12-14H,1,5-6,11H2,2-3H3,(H,24,25)/b23-14-. The molecule has 1 amide bonds. The zero-order valence-electron chi connectivity index (χ0n) is 15.9. The molecule has 0 unspecified atom stereocenters. The molecule has 0 bridgehead atoms. The number of hydrogen-bond donors (Lipinski definition) is 1. The van der Waals surface area contributed by atoms with Gasteiger partial charge in [-0.05, 0) is 78.4 Å². The fourth-order valence-corrected chi connectivity index (χ4v) is 3.09. The van der Waals surface area contributed by atoms with Crippen LogP contribution in [0.25, 0.3) is 0 Å². The quantitative estimate of drug-likeness (QED) is 0.230. The third-order valence-electron chi connectivity index (χ3n) is 3.48. The summed E-state index contributed by atoms with van der Waals surface area (Å²) in [6, 6.07) is 10.6. The number of ether oxygens (including phenoxy) is 3. The number of nitrogens with zero attached hydrogens (tertiary/aromatic N) is 1. The van der Waals surface area contributed by atoms with Gasteiger partial charge >= 0.3 is 0 Å². The predicted molar refractivity (Wildman–Crippen MR) is 119 cm³/mol. The topological polar surface area (TPSA) is 69.2 Å². The van der Waals surface area contributed by atoms with Crippen LogP contribution in [0.4, 0.5) is 0 Å². The van der Waals surface area contributed by atoms with E-state index in [0.29, 0.717) is 36.9 Å². The molecule has 2 rings (SSSR count). The monoisotopic (exact) mass is 494 g/mol. The van der Waals surface area contributed by atoms with E-state index in [0.717, 1.165) is 14.9 Å². The van der Waals surface area contributed by atoms with Gasteiger partial charge in [-0.25, -0.2) is 5.43 Å². The largest absolute Gasteiger partial charge is 0.494 e. The van der Waals surface area contributed by atoms with Gasteiger partial charge in [-0.3, -0.25) is 4.79 Å². The van der Waals surface area contributed by atoms with Crippen molar-refractivity contribution in [1.82, 2.24) is 5.43 Å². The number of hydrogen-bond acceptors (Lipinski definition) is 5. The summed E-state index contributed by atoms with van der Waals surface area (Å²) in [5.74, 6) is 1.71. The lowest BCUT2D eigenvalue weighted by molar-refractivity contribution is 0.0955. The maximum absolute atomic E-state index is 12.2. The second-order valence-corrected chi connectivity index (χ2v) is 6.68. The highest BCUT2D eigenvalue weighted by Gasteiger charge is 2.11. The molecule has 0 saturated heterocycles. The minimum Gasteiger partial charge on any atom is -0.494 e. The van der Waals surface area contributed by atoms with Crippen LogP contribution < -0.4 is 19.6 Å². The van der Waals surface area contributed by atoms with Crippen molar-refractivity contribution in [3.05, 3.63) is 63.8 Å². The Kier molecular flexibility index (Phi) is 8.80. The van der Waals surface area contributed by atoms with E-state index in [1.807, 2.05) is 26.0 Å². The Labute approximate surface area is 178 Å². The molecule has 7 heteroatoms. The van der Waals surface area contributed by atoms with Gasteiger partial charge in [0.15, 0.2) is 11.5 Å². The number of carbonyl (C=O) groups excluding carboxylic acids is 1. The van der Waals surface area contributed by atoms with Gasteiger partial charge in [0.1, 0.15) is 12.4 Å². The number of hydrazone groups is 1. The number of rotatable bonds is 10. The summed E-state index contributed by atoms with van der Waals surface area (Å²) in [4.78, 5) is 12.2. The van der Waals surface area contributed by atoms with Gasteiger partial charge in [0.05, 0.1) is 23.0 Å². The van der Waals surface area contributed by atoms with Gasteiger partial charge in [0, 0.05) is 5.56 Å². The van der Waals surface area contributed by atoms with Crippen LogP contribution in [-0.4, -0.2) is 31.9 Å². The molecule has 0 aliphatic carbocycles. The van der Waals surface area contributed by atoms with E-state index in [-0.39, 0.29) is 5.91 Å². The Bertz CT molecular complexity index is 835. The summed E-state index contributed by atoms with van der Waals surface area (Å²) in [5.41, 5.74) is 3.80. The fraction of sp³-hybridized carbons (Fsp3) is 0.238. The molecule has 28 heavy (non-hydrogen) atoms. The van der Waals surface area contributed by atoms with Crippen molar-refractivity contribution in [1.29, 1.82) is 0 Å². The van der Waals surface area contributed by atoms with Gasteiger partial charge in [-0.15, -0.1) is 0 Å². The average Bonchev–Trinajstić information content (AvgIpc) is 2.68. The molecule has 0 heterocycles. The normalized spacial score (nSPS) is 10.5. The summed E-state index contributed by atoms with van der Waals surface area (Å²) in [6.07, 6.45) is 3.24. The Morgan fingerprint density at radius 1 is 1.14 bits per heavy atom. The first kappa shape index (κ1) is 21.7. The first-order chi connectivity index (χ1) is 13.6. The minimum absolute atomic E-state index is 0.301. The first-order valence-corrected chi connectivity index (χ1v) is 9.93. The molecule has 0 aromatic heterocycles. The molecule has 2 aromatic carbocycles. The molecule has 0 atom stereocenters. The molecule has 0 aliphatic rings. The summed E-state index contributed by atoms with van der Waals surface area (Å²) < 4.78 is 17.6. The first-order valence-electron chi connectivity index (χ1n) is 8.85. The number of benzene rings is 2. The zero-order valence-corrected chi connectivity index (χ0v) is 18.1. The van der Waals surface area contributed by atoms with Crippen LogP contribution >= 0.6 is 22.6 Å². The van der Waals surface area contributed by atoms with Gasteiger partial charge in [0.2, 0.25) is 0 Å². The summed E-state index contributed by atoms with van der Waals surface area (Å²) >= 11 is 2.17. The van der Waals surface area contributed by atoms with Gasteiger partial charge < -0.3 is 14.2 Å². The van der Waals surface area contributed by atoms with Gasteiger partial charge in [-0.1, -0.05) is 12.7 Å². The van der Waals surface area contributed by atoms with Gasteiger partial charge in [0.25, 0.3) is 5.91 Å². The van der Waals surface area contributed by atoms with Crippen molar-refractivity contribution in [3.8, 4) is 17.2 Å². The highest BCUT2D eigenvalue weighted by molar-refractivity contribution is 14.1. The minimum atomic E-state index is -0.301. The van der Waals surface area contributed by atoms with E-state index in [4.69, 9.17) is 14.2 Å². The highest BCUT2D eigenvalue weighted by Crippen LogP contribution is 2.33. The molecule has 0 aliphatic heterocycles. The molecular formula is C21H23IN2O4. The lowest BCUT2D eigenvalue weighted by Crippen LogP contribution is -2.17. The molecule has 0 spiro atoms. The molecule has 0 fully saturated rings. The second kappa shape index (κ2) is 11.3. The fourth-order valence-electron chi connectivity index (χ4n) is 2.31. The zero-order chi connectivity index (χ0) is 20.4. The Hall–Kier alpha value is -2.55. The smallest absolute Gasteiger partial charge is 0.271 e. The molecule has 6 nitrogen and oxygen atoms in total. The van der Waals surface area contributed by atoms with Crippen LogP contribution in [0.3, 0.4) is 0 Å². The lowest BCUT2D eigenvalue weighted by atomic mass is 10.2. The average molecular weight is 494 g/mol. The van der Waals surface area contributed by atoms with Crippen molar-refractivity contribution in [2.24, 2.45) is 5.10 Å². The summed E-state index contributed by atoms with van der Waals surface area (Å²) in [6.45, 7) is 8.95. The highest BCUT2D eigenvalue weighted by atomic mass is 127. The van der Waals surface area contributed by atoms with E-state index >= 15 is 0 Å². The van der Waals surface area contributed by atoms with Crippen molar-refractivity contribution in [2.45, 2.75) is 13.8 Å². The van der Waals surface area contributed by atoms with Crippen molar-refractivity contribution < 1.29 is 19.0 Å². The number of amides is 1. The maximum Gasteiger partial charge on any atom is 0.271 e. The van der Waals surface area contributed by atoms with Crippen LogP contribution in [0, 0.1) is 3.57 Å². The predicted octanol–water partition coefficient (Wildman–Crippen LogP) is 4.42. The Morgan fingerprint density at radius 3 is 2.50 bits per heavy atom. The number of halogens is 1. The van der Waals surface area contributed by atoms with Gasteiger partial charge in [-0.2, -0.15) is 5.10 Å². The van der Waals surface area contributed by atoms with Crippen molar-refractivity contribution in [2.75, 3.05) is 19.8 Å². The third-order valence-corrected chi connectivity index (χ3v) is 4.29. The van der Waals surface area contributed by atoms with Crippen molar-refractivity contribution >= 4 is 34.7 Å². The lowest BCUT2D eigenvalue weighted by Gasteiger charge is -2.13. The summed E-state index contributed by atoms with van der Waals surface area (Å²) in [5, 5.41) is 4.04. The van der Waals surface area contributed by atoms with Crippen molar-refractivity contribution in [3.63, 3.8) is 0 Å².